The van der Waals surface area contributed by atoms with Crippen molar-refractivity contribution in [3.05, 3.63) is 59.7 Å². The zero-order valence-corrected chi connectivity index (χ0v) is 16.0. The summed E-state index contributed by atoms with van der Waals surface area (Å²) in [6.07, 6.45) is 0. The van der Waals surface area contributed by atoms with Crippen LogP contribution in [0.25, 0.3) is 0 Å². The third-order valence-electron chi connectivity index (χ3n) is 4.32. The van der Waals surface area contributed by atoms with Crippen LogP contribution in [-0.2, 0) is 4.79 Å². The molecule has 0 unspecified atom stereocenters. The minimum absolute atomic E-state index is 0.0939. The first kappa shape index (κ1) is 20.3. The SMILES string of the molecule is COc1ccc(C(=O)N[C@@H](C(=O)N[C@H](C)c2cccc(O)c2)C(C)C)cc1. The van der Waals surface area contributed by atoms with Crippen LogP contribution in [0.4, 0.5) is 0 Å². The molecule has 2 aromatic rings. The Morgan fingerprint density at radius 3 is 2.22 bits per heavy atom. The third-order valence-corrected chi connectivity index (χ3v) is 4.32. The van der Waals surface area contributed by atoms with Gasteiger partial charge in [0, 0.05) is 5.56 Å². The van der Waals surface area contributed by atoms with Crippen LogP contribution < -0.4 is 15.4 Å². The van der Waals surface area contributed by atoms with Crippen molar-refractivity contribution >= 4 is 11.8 Å². The first-order chi connectivity index (χ1) is 12.8. The average molecular weight is 370 g/mol. The van der Waals surface area contributed by atoms with Gasteiger partial charge < -0.3 is 20.5 Å². The van der Waals surface area contributed by atoms with Crippen molar-refractivity contribution in [2.75, 3.05) is 7.11 Å². The molecule has 2 aromatic carbocycles. The van der Waals surface area contributed by atoms with E-state index in [1.54, 1.807) is 49.6 Å². The lowest BCUT2D eigenvalue weighted by atomic mass is 10.0. The highest BCUT2D eigenvalue weighted by Gasteiger charge is 2.26. The van der Waals surface area contributed by atoms with Crippen LogP contribution in [0.3, 0.4) is 0 Å². The van der Waals surface area contributed by atoms with Crippen molar-refractivity contribution in [3.8, 4) is 11.5 Å². The molecule has 0 aromatic heterocycles. The Kier molecular flexibility index (Phi) is 6.82. The second-order valence-corrected chi connectivity index (χ2v) is 6.75. The number of aromatic hydroxyl groups is 1. The van der Waals surface area contributed by atoms with E-state index < -0.39 is 6.04 Å². The van der Waals surface area contributed by atoms with Crippen LogP contribution in [-0.4, -0.2) is 30.1 Å². The largest absolute Gasteiger partial charge is 0.508 e. The summed E-state index contributed by atoms with van der Waals surface area (Å²) in [7, 11) is 1.56. The highest BCUT2D eigenvalue weighted by atomic mass is 16.5. The van der Waals surface area contributed by atoms with Gasteiger partial charge in [0.1, 0.15) is 17.5 Å². The van der Waals surface area contributed by atoms with Gasteiger partial charge in [-0.2, -0.15) is 0 Å². The maximum absolute atomic E-state index is 12.7. The fraction of sp³-hybridized carbons (Fsp3) is 0.333. The van der Waals surface area contributed by atoms with Crippen molar-refractivity contribution in [2.24, 2.45) is 5.92 Å². The van der Waals surface area contributed by atoms with Gasteiger partial charge in [0.2, 0.25) is 5.91 Å². The summed E-state index contributed by atoms with van der Waals surface area (Å²) in [6.45, 7) is 5.57. The highest BCUT2D eigenvalue weighted by molar-refractivity contribution is 5.97. The van der Waals surface area contributed by atoms with E-state index in [0.29, 0.717) is 11.3 Å². The molecule has 0 saturated heterocycles. The Morgan fingerprint density at radius 2 is 1.67 bits per heavy atom. The van der Waals surface area contributed by atoms with Crippen molar-refractivity contribution in [2.45, 2.75) is 32.9 Å². The van der Waals surface area contributed by atoms with Gasteiger partial charge in [0.15, 0.2) is 0 Å². The van der Waals surface area contributed by atoms with E-state index in [9.17, 15) is 14.7 Å². The van der Waals surface area contributed by atoms with Gasteiger partial charge in [-0.05, 0) is 54.8 Å². The Balaban J connectivity index is 2.06. The molecule has 0 radical (unpaired) electrons. The van der Waals surface area contributed by atoms with E-state index in [4.69, 9.17) is 4.74 Å². The summed E-state index contributed by atoms with van der Waals surface area (Å²) >= 11 is 0. The molecule has 0 bridgehead atoms. The van der Waals surface area contributed by atoms with Crippen molar-refractivity contribution < 1.29 is 19.4 Å². The van der Waals surface area contributed by atoms with Crippen molar-refractivity contribution in [1.29, 1.82) is 0 Å². The summed E-state index contributed by atoms with van der Waals surface area (Å²) in [5.41, 5.74) is 1.24. The number of nitrogens with one attached hydrogen (secondary N) is 2. The summed E-state index contributed by atoms with van der Waals surface area (Å²) in [6, 6.07) is 12.4. The van der Waals surface area contributed by atoms with Crippen LogP contribution in [0, 0.1) is 5.92 Å². The maximum atomic E-state index is 12.7. The molecule has 0 fully saturated rings. The third kappa shape index (κ3) is 5.48. The van der Waals surface area contributed by atoms with E-state index in [0.717, 1.165) is 5.56 Å². The number of carbonyl (C=O) groups is 2. The number of rotatable bonds is 7. The van der Waals surface area contributed by atoms with Crippen molar-refractivity contribution in [1.82, 2.24) is 10.6 Å². The molecule has 2 rings (SSSR count). The number of phenolic OH excluding ortho intramolecular Hbond substituents is 1. The summed E-state index contributed by atoms with van der Waals surface area (Å²) in [5, 5.41) is 15.3. The Hall–Kier alpha value is -3.02. The van der Waals surface area contributed by atoms with Gasteiger partial charge >= 0.3 is 0 Å². The van der Waals surface area contributed by atoms with Gasteiger partial charge in [-0.3, -0.25) is 9.59 Å². The van der Waals surface area contributed by atoms with Gasteiger partial charge in [-0.25, -0.2) is 0 Å². The summed E-state index contributed by atoms with van der Waals surface area (Å²) in [4.78, 5) is 25.2. The fourth-order valence-corrected chi connectivity index (χ4v) is 2.68. The molecule has 144 valence electrons. The molecule has 6 heteroatoms. The fourth-order valence-electron chi connectivity index (χ4n) is 2.68. The van der Waals surface area contributed by atoms with Gasteiger partial charge in [0.25, 0.3) is 5.91 Å². The number of hydrogen-bond acceptors (Lipinski definition) is 4. The number of phenols is 1. The first-order valence-electron chi connectivity index (χ1n) is 8.86. The molecule has 0 saturated carbocycles. The molecule has 2 atom stereocenters. The molecule has 0 heterocycles. The second-order valence-electron chi connectivity index (χ2n) is 6.75. The topological polar surface area (TPSA) is 87.7 Å². The van der Waals surface area contributed by atoms with Gasteiger partial charge in [-0.1, -0.05) is 26.0 Å². The minimum atomic E-state index is -0.681. The predicted molar refractivity (Wildman–Crippen MR) is 104 cm³/mol. The van der Waals surface area contributed by atoms with Crippen LogP contribution in [0.15, 0.2) is 48.5 Å². The molecule has 3 N–H and O–H groups in total. The zero-order valence-electron chi connectivity index (χ0n) is 16.0. The standard InChI is InChI=1S/C21H26N2O4/c1-13(2)19(23-20(25)15-8-10-18(27-4)11-9-15)21(26)22-14(3)16-6-5-7-17(24)12-16/h5-14,19,24H,1-4H3,(H,22,26)(H,23,25)/t14-,19-/m1/s1. The molecule has 2 amide bonds. The lowest BCUT2D eigenvalue weighted by molar-refractivity contribution is -0.124. The second kappa shape index (κ2) is 9.07. The summed E-state index contributed by atoms with van der Waals surface area (Å²) in [5.74, 6) is 0.106. The van der Waals surface area contributed by atoms with Crippen LogP contribution >= 0.6 is 0 Å². The normalized spacial score (nSPS) is 12.9. The average Bonchev–Trinajstić information content (AvgIpc) is 2.65. The molecule has 27 heavy (non-hydrogen) atoms. The number of carbonyl (C=O) groups excluding carboxylic acids is 2. The Labute approximate surface area is 159 Å². The quantitative estimate of drug-likeness (QED) is 0.699. The van der Waals surface area contributed by atoms with Crippen LogP contribution in [0.2, 0.25) is 0 Å². The van der Waals surface area contributed by atoms with E-state index >= 15 is 0 Å². The van der Waals surface area contributed by atoms with Crippen molar-refractivity contribution in [3.63, 3.8) is 0 Å². The van der Waals surface area contributed by atoms with Gasteiger partial charge in [0.05, 0.1) is 13.2 Å². The van der Waals surface area contributed by atoms with E-state index in [1.165, 1.54) is 0 Å². The molecular formula is C21H26N2O4. The number of amides is 2. The molecule has 0 aliphatic carbocycles. The van der Waals surface area contributed by atoms with E-state index in [2.05, 4.69) is 10.6 Å². The lowest BCUT2D eigenvalue weighted by Crippen LogP contribution is -2.50. The predicted octanol–water partition coefficient (Wildman–Crippen LogP) is 3.03. The van der Waals surface area contributed by atoms with E-state index in [1.807, 2.05) is 26.8 Å². The highest BCUT2D eigenvalue weighted by Crippen LogP contribution is 2.18. The Morgan fingerprint density at radius 1 is 1.00 bits per heavy atom. The molecular weight excluding hydrogens is 344 g/mol. The molecule has 0 spiro atoms. The molecule has 6 nitrogen and oxygen atoms in total. The smallest absolute Gasteiger partial charge is 0.251 e. The minimum Gasteiger partial charge on any atom is -0.508 e. The van der Waals surface area contributed by atoms with Crippen LogP contribution in [0.5, 0.6) is 11.5 Å². The lowest BCUT2D eigenvalue weighted by Gasteiger charge is -2.24. The Bertz CT molecular complexity index is 787. The maximum Gasteiger partial charge on any atom is 0.251 e. The number of benzene rings is 2. The number of methoxy groups -OCH3 is 1. The van der Waals surface area contributed by atoms with Crippen LogP contribution in [0.1, 0.15) is 42.7 Å². The summed E-state index contributed by atoms with van der Waals surface area (Å²) < 4.78 is 5.09. The monoisotopic (exact) mass is 370 g/mol. The first-order valence-corrected chi connectivity index (χ1v) is 8.86. The zero-order chi connectivity index (χ0) is 20.0. The van der Waals surface area contributed by atoms with E-state index in [-0.39, 0.29) is 29.5 Å². The molecule has 0 aliphatic rings. The number of ether oxygens (including phenoxy) is 1. The number of hydrogen-bond donors (Lipinski definition) is 3. The molecule has 0 aliphatic heterocycles. The van der Waals surface area contributed by atoms with Gasteiger partial charge in [-0.15, -0.1) is 0 Å².